The lowest BCUT2D eigenvalue weighted by molar-refractivity contribution is -0.117. The number of aromatic amines is 1. The van der Waals surface area contributed by atoms with Crippen molar-refractivity contribution in [3.05, 3.63) is 52.2 Å². The van der Waals surface area contributed by atoms with E-state index in [1.165, 1.54) is 24.3 Å². The van der Waals surface area contributed by atoms with E-state index in [2.05, 4.69) is 14.2 Å². The molecule has 2 heterocycles. The van der Waals surface area contributed by atoms with E-state index in [1.54, 1.807) is 18.2 Å². The van der Waals surface area contributed by atoms with E-state index in [0.717, 1.165) is 0 Å². The SMILES string of the molecule is COc1cc(F)c([C@H]2CC(=O)N(c3ccc[nH]c3=O)C2)c(P)c1. The highest BCUT2D eigenvalue weighted by molar-refractivity contribution is 7.27. The van der Waals surface area contributed by atoms with Crippen molar-refractivity contribution in [3.8, 4) is 5.75 Å². The number of pyridine rings is 1. The molecule has 7 heteroatoms. The molecule has 5 nitrogen and oxygen atoms in total. The average molecular weight is 334 g/mol. The molecule has 1 aromatic carbocycles. The van der Waals surface area contributed by atoms with Gasteiger partial charge >= 0.3 is 0 Å². The number of benzene rings is 1. The first-order valence-corrected chi connectivity index (χ1v) is 7.70. The normalized spacial score (nSPS) is 17.6. The third kappa shape index (κ3) is 2.86. The van der Waals surface area contributed by atoms with Crippen LogP contribution in [0.5, 0.6) is 5.75 Å². The Labute approximate surface area is 134 Å². The molecule has 1 unspecified atom stereocenters. The van der Waals surface area contributed by atoms with E-state index in [-0.39, 0.29) is 30.3 Å². The first kappa shape index (κ1) is 15.7. The molecule has 2 atom stereocenters. The fourth-order valence-corrected chi connectivity index (χ4v) is 3.46. The summed E-state index contributed by atoms with van der Waals surface area (Å²) >= 11 is 0. The van der Waals surface area contributed by atoms with Crippen molar-refractivity contribution in [1.29, 1.82) is 0 Å². The smallest absolute Gasteiger partial charge is 0.271 e. The number of carbonyl (C=O) groups excluding carboxylic acids is 1. The summed E-state index contributed by atoms with van der Waals surface area (Å²) in [6, 6.07) is 6.27. The summed E-state index contributed by atoms with van der Waals surface area (Å²) in [6.45, 7) is 0.274. The topological polar surface area (TPSA) is 62.4 Å². The quantitative estimate of drug-likeness (QED) is 0.866. The van der Waals surface area contributed by atoms with Crippen molar-refractivity contribution in [1.82, 2.24) is 4.98 Å². The van der Waals surface area contributed by atoms with Crippen LogP contribution in [0.15, 0.2) is 35.3 Å². The summed E-state index contributed by atoms with van der Waals surface area (Å²) in [5, 5.41) is 0.656. The van der Waals surface area contributed by atoms with Gasteiger partial charge in [0.1, 0.15) is 17.3 Å². The predicted octanol–water partition coefficient (Wildman–Crippen LogP) is 1.54. The molecule has 1 aliphatic rings. The molecule has 0 bridgehead atoms. The molecule has 0 spiro atoms. The Kier molecular flexibility index (Phi) is 4.18. The van der Waals surface area contributed by atoms with Gasteiger partial charge in [0.15, 0.2) is 0 Å². The van der Waals surface area contributed by atoms with E-state index in [4.69, 9.17) is 4.74 Å². The third-order valence-corrected chi connectivity index (χ3v) is 4.47. The summed E-state index contributed by atoms with van der Waals surface area (Å²) < 4.78 is 19.4. The van der Waals surface area contributed by atoms with Crippen LogP contribution in [0.2, 0.25) is 0 Å². The zero-order valence-electron chi connectivity index (χ0n) is 12.5. The Morgan fingerprint density at radius 3 is 2.83 bits per heavy atom. The third-order valence-electron chi connectivity index (χ3n) is 3.99. The summed E-state index contributed by atoms with van der Waals surface area (Å²) in [5.74, 6) is -0.472. The molecule has 1 amide bonds. The van der Waals surface area contributed by atoms with Gasteiger partial charge in [-0.25, -0.2) is 4.39 Å². The second kappa shape index (κ2) is 6.13. The average Bonchev–Trinajstić information content (AvgIpc) is 2.88. The highest BCUT2D eigenvalue weighted by atomic mass is 31.0. The van der Waals surface area contributed by atoms with Gasteiger partial charge in [-0.05, 0) is 23.5 Å². The number of carbonyl (C=O) groups is 1. The zero-order valence-corrected chi connectivity index (χ0v) is 13.7. The number of ether oxygens (including phenoxy) is 1. The van der Waals surface area contributed by atoms with Gasteiger partial charge in [-0.15, -0.1) is 9.24 Å². The molecule has 120 valence electrons. The molecule has 3 rings (SSSR count). The van der Waals surface area contributed by atoms with Crippen LogP contribution in [-0.2, 0) is 4.79 Å². The predicted molar refractivity (Wildman–Crippen MR) is 89.1 cm³/mol. The minimum absolute atomic E-state index is 0.166. The summed E-state index contributed by atoms with van der Waals surface area (Å²) in [6.07, 6.45) is 1.67. The molecule has 1 fully saturated rings. The number of methoxy groups -OCH3 is 1. The largest absolute Gasteiger partial charge is 0.497 e. The van der Waals surface area contributed by atoms with Crippen molar-refractivity contribution in [2.24, 2.45) is 0 Å². The first-order chi connectivity index (χ1) is 11.0. The van der Waals surface area contributed by atoms with Gasteiger partial charge in [-0.1, -0.05) is 0 Å². The van der Waals surface area contributed by atoms with Gasteiger partial charge < -0.3 is 14.6 Å². The molecule has 23 heavy (non-hydrogen) atoms. The maximum atomic E-state index is 14.4. The van der Waals surface area contributed by atoms with Crippen LogP contribution in [0.25, 0.3) is 0 Å². The number of nitrogens with zero attached hydrogens (tertiary/aromatic N) is 1. The lowest BCUT2D eigenvalue weighted by Crippen LogP contribution is -2.30. The highest BCUT2D eigenvalue weighted by Gasteiger charge is 2.35. The van der Waals surface area contributed by atoms with E-state index in [9.17, 15) is 14.0 Å². The second-order valence-corrected chi connectivity index (χ2v) is 6.02. The lowest BCUT2D eigenvalue weighted by atomic mass is 9.97. The number of hydrogen-bond donors (Lipinski definition) is 1. The van der Waals surface area contributed by atoms with Crippen molar-refractivity contribution in [3.63, 3.8) is 0 Å². The standard InChI is InChI=1S/C16H16FN2O3P/c1-22-10-6-11(17)15(13(23)7-10)9-5-14(20)19(8-9)12-3-2-4-18-16(12)21/h2-4,6-7,9H,5,8,23H2,1H3,(H,18,21)/t9-/m0/s1. The highest BCUT2D eigenvalue weighted by Crippen LogP contribution is 2.33. The molecular weight excluding hydrogens is 318 g/mol. The summed E-state index contributed by atoms with van der Waals surface area (Å²) in [4.78, 5) is 28.1. The van der Waals surface area contributed by atoms with Gasteiger partial charge in [-0.2, -0.15) is 0 Å². The van der Waals surface area contributed by atoms with Crippen molar-refractivity contribution in [2.75, 3.05) is 18.6 Å². The molecule has 1 N–H and O–H groups in total. The van der Waals surface area contributed by atoms with Crippen LogP contribution in [0.1, 0.15) is 17.9 Å². The Bertz CT molecular complexity index is 798. The fourth-order valence-electron chi connectivity index (χ4n) is 2.92. The first-order valence-electron chi connectivity index (χ1n) is 7.12. The maximum Gasteiger partial charge on any atom is 0.271 e. The number of hydrogen-bond acceptors (Lipinski definition) is 3. The van der Waals surface area contributed by atoms with Gasteiger partial charge in [0.25, 0.3) is 5.56 Å². The van der Waals surface area contributed by atoms with E-state index >= 15 is 0 Å². The van der Waals surface area contributed by atoms with Crippen molar-refractivity contribution >= 4 is 26.1 Å². The molecule has 1 aromatic heterocycles. The molecule has 0 radical (unpaired) electrons. The van der Waals surface area contributed by atoms with E-state index < -0.39 is 5.82 Å². The number of rotatable bonds is 3. The Hall–Kier alpha value is -2.20. The molecular formula is C16H16FN2O3P. The maximum absolute atomic E-state index is 14.4. The monoisotopic (exact) mass is 334 g/mol. The summed E-state index contributed by atoms with van der Waals surface area (Å²) in [5.41, 5.74) is 0.432. The van der Waals surface area contributed by atoms with Crippen LogP contribution in [0.3, 0.4) is 0 Å². The van der Waals surface area contributed by atoms with Gasteiger partial charge in [0.2, 0.25) is 5.91 Å². The van der Waals surface area contributed by atoms with Crippen LogP contribution in [0, 0.1) is 5.82 Å². The minimum Gasteiger partial charge on any atom is -0.497 e. The number of amides is 1. The van der Waals surface area contributed by atoms with Crippen LogP contribution >= 0.6 is 9.24 Å². The molecule has 0 saturated carbocycles. The summed E-state index contributed by atoms with van der Waals surface area (Å²) in [7, 11) is 3.96. The van der Waals surface area contributed by atoms with Gasteiger partial charge in [0.05, 0.1) is 7.11 Å². The number of anilines is 1. The fraction of sp³-hybridized carbons (Fsp3) is 0.250. The van der Waals surface area contributed by atoms with E-state index in [1.807, 2.05) is 0 Å². The van der Waals surface area contributed by atoms with Crippen LogP contribution in [-0.4, -0.2) is 24.5 Å². The Morgan fingerprint density at radius 1 is 1.39 bits per heavy atom. The Morgan fingerprint density at radius 2 is 2.17 bits per heavy atom. The number of H-pyrrole nitrogens is 1. The number of aromatic nitrogens is 1. The number of halogens is 1. The molecule has 1 saturated heterocycles. The van der Waals surface area contributed by atoms with Gasteiger partial charge in [0, 0.05) is 36.7 Å². The zero-order chi connectivity index (χ0) is 16.6. The van der Waals surface area contributed by atoms with E-state index in [0.29, 0.717) is 22.3 Å². The van der Waals surface area contributed by atoms with Crippen LogP contribution in [0.4, 0.5) is 10.1 Å². The van der Waals surface area contributed by atoms with Gasteiger partial charge in [-0.3, -0.25) is 9.59 Å². The second-order valence-electron chi connectivity index (χ2n) is 5.40. The number of nitrogens with one attached hydrogen (secondary N) is 1. The van der Waals surface area contributed by atoms with Crippen molar-refractivity contribution < 1.29 is 13.9 Å². The van der Waals surface area contributed by atoms with Crippen LogP contribution < -0.4 is 20.5 Å². The molecule has 1 aliphatic heterocycles. The van der Waals surface area contributed by atoms with Crippen molar-refractivity contribution in [2.45, 2.75) is 12.3 Å². The lowest BCUT2D eigenvalue weighted by Gasteiger charge is -2.17. The molecule has 0 aliphatic carbocycles. The molecule has 2 aromatic rings. The Balaban J connectivity index is 1.95. The minimum atomic E-state index is -0.407.